The van der Waals surface area contributed by atoms with E-state index >= 15 is 0 Å². The van der Waals surface area contributed by atoms with E-state index in [1.165, 1.54) is 0 Å². The van der Waals surface area contributed by atoms with Gasteiger partial charge in [-0.1, -0.05) is 0 Å². The average molecular weight is 462 g/mol. The van der Waals surface area contributed by atoms with Gasteiger partial charge in [0.25, 0.3) is 5.56 Å². The number of ether oxygens (including phenoxy) is 1. The first-order chi connectivity index (χ1) is 15.4. The van der Waals surface area contributed by atoms with Crippen LogP contribution in [0.4, 0.5) is 10.7 Å². The van der Waals surface area contributed by atoms with Crippen LogP contribution in [-0.2, 0) is 22.5 Å². The molecule has 1 saturated carbocycles. The fourth-order valence-corrected chi connectivity index (χ4v) is 4.74. The number of aromatic nitrogens is 2. The molecule has 2 N–H and O–H groups in total. The third-order valence-electron chi connectivity index (χ3n) is 6.37. The number of carbonyl (C=O) groups is 2. The van der Waals surface area contributed by atoms with Gasteiger partial charge in [-0.05, 0) is 67.2 Å². The van der Waals surface area contributed by atoms with E-state index in [1.807, 2.05) is 41.5 Å². The molecular weight excluding hydrogens is 422 g/mol. The first kappa shape index (κ1) is 25.1. The van der Waals surface area contributed by atoms with Gasteiger partial charge in [0, 0.05) is 43.1 Å². The number of nitrogens with one attached hydrogen (secondary N) is 2. The summed E-state index contributed by atoms with van der Waals surface area (Å²) < 4.78 is 7.37. The second kappa shape index (κ2) is 9.73. The number of carbonyl (C=O) groups excluding carboxylic acids is 2. The summed E-state index contributed by atoms with van der Waals surface area (Å²) in [6.45, 7) is 11.7. The van der Waals surface area contributed by atoms with Crippen molar-refractivity contribution in [1.29, 1.82) is 0 Å². The van der Waals surface area contributed by atoms with Crippen LogP contribution in [0, 0.1) is 5.92 Å². The Hall–Kier alpha value is -2.58. The Morgan fingerprint density at radius 2 is 1.79 bits per heavy atom. The van der Waals surface area contributed by atoms with Crippen LogP contribution < -0.4 is 16.2 Å². The monoisotopic (exact) mass is 461 g/mol. The summed E-state index contributed by atoms with van der Waals surface area (Å²) in [6, 6.07) is -0.0762. The molecule has 0 spiro atoms. The largest absolute Gasteiger partial charge is 0.444 e. The van der Waals surface area contributed by atoms with Crippen LogP contribution >= 0.6 is 0 Å². The van der Waals surface area contributed by atoms with Gasteiger partial charge < -0.3 is 15.4 Å². The van der Waals surface area contributed by atoms with Crippen molar-refractivity contribution in [3.8, 4) is 0 Å². The highest BCUT2D eigenvalue weighted by atomic mass is 16.6. The third kappa shape index (κ3) is 5.68. The summed E-state index contributed by atoms with van der Waals surface area (Å²) in [7, 11) is 1.67. The molecule has 2 amide bonds. The molecule has 2 aliphatic rings. The molecule has 1 aliphatic heterocycles. The van der Waals surface area contributed by atoms with Gasteiger partial charge in [-0.2, -0.15) is 0 Å². The predicted molar refractivity (Wildman–Crippen MR) is 127 cm³/mol. The van der Waals surface area contributed by atoms with Crippen molar-refractivity contribution in [1.82, 2.24) is 19.8 Å². The first-order valence-corrected chi connectivity index (χ1v) is 12.0. The van der Waals surface area contributed by atoms with Crippen molar-refractivity contribution < 1.29 is 14.3 Å². The number of hydrogen-bond acceptors (Lipinski definition) is 6. The van der Waals surface area contributed by atoms with Crippen molar-refractivity contribution in [3.05, 3.63) is 21.6 Å². The Morgan fingerprint density at radius 1 is 1.15 bits per heavy atom. The van der Waals surface area contributed by atoms with Gasteiger partial charge in [-0.15, -0.1) is 0 Å². The van der Waals surface area contributed by atoms with E-state index in [9.17, 15) is 14.4 Å². The van der Waals surface area contributed by atoms with Crippen molar-refractivity contribution >= 4 is 17.9 Å². The summed E-state index contributed by atoms with van der Waals surface area (Å²) in [5.74, 6) is 0.605. The average Bonchev–Trinajstić information content (AvgIpc) is 2.72. The summed E-state index contributed by atoms with van der Waals surface area (Å²) >= 11 is 0. The van der Waals surface area contributed by atoms with Crippen molar-refractivity contribution in [2.75, 3.05) is 12.4 Å². The lowest BCUT2D eigenvalue weighted by Crippen LogP contribution is -2.48. The molecule has 1 aliphatic carbocycles. The molecule has 184 valence electrons. The summed E-state index contributed by atoms with van der Waals surface area (Å²) in [4.78, 5) is 45.0. The van der Waals surface area contributed by atoms with Gasteiger partial charge in [0.05, 0.1) is 12.2 Å². The van der Waals surface area contributed by atoms with E-state index in [0.29, 0.717) is 23.6 Å². The fraction of sp³-hybridized carbons (Fsp3) is 0.750. The third-order valence-corrected chi connectivity index (χ3v) is 6.37. The van der Waals surface area contributed by atoms with Gasteiger partial charge in [0.2, 0.25) is 11.9 Å². The second-order valence-corrected chi connectivity index (χ2v) is 10.6. The van der Waals surface area contributed by atoms with Crippen LogP contribution in [0.5, 0.6) is 0 Å². The van der Waals surface area contributed by atoms with Gasteiger partial charge in [-0.3, -0.25) is 19.1 Å². The van der Waals surface area contributed by atoms with E-state index < -0.39 is 11.7 Å². The maximum Gasteiger partial charge on any atom is 0.410 e. The smallest absolute Gasteiger partial charge is 0.410 e. The van der Waals surface area contributed by atoms with E-state index in [4.69, 9.17) is 9.72 Å². The number of amides is 2. The number of rotatable bonds is 4. The molecule has 1 atom stereocenters. The quantitative estimate of drug-likeness (QED) is 0.713. The molecule has 1 aromatic heterocycles. The Bertz CT molecular complexity index is 941. The Balaban J connectivity index is 1.93. The van der Waals surface area contributed by atoms with Gasteiger partial charge in [0.15, 0.2) is 0 Å². The van der Waals surface area contributed by atoms with Crippen molar-refractivity contribution in [2.45, 2.75) is 104 Å². The first-order valence-electron chi connectivity index (χ1n) is 12.0. The minimum Gasteiger partial charge on any atom is -0.444 e. The minimum absolute atomic E-state index is 0.00310. The molecule has 9 nitrogen and oxygen atoms in total. The Kier molecular flexibility index (Phi) is 7.39. The maximum atomic E-state index is 13.7. The zero-order chi connectivity index (χ0) is 24.5. The number of anilines is 1. The zero-order valence-electron chi connectivity index (χ0n) is 21.0. The highest BCUT2D eigenvalue weighted by Gasteiger charge is 2.35. The van der Waals surface area contributed by atoms with Crippen LogP contribution in [0.25, 0.3) is 0 Å². The van der Waals surface area contributed by atoms with Crippen LogP contribution in [0.1, 0.15) is 84.5 Å². The predicted octanol–water partition coefficient (Wildman–Crippen LogP) is 3.22. The molecule has 0 unspecified atom stereocenters. The number of fused-ring (bicyclic) bond motifs is 1. The van der Waals surface area contributed by atoms with E-state index in [2.05, 4.69) is 10.6 Å². The molecule has 9 heteroatoms. The lowest BCUT2D eigenvalue weighted by atomic mass is 9.85. The normalized spacial score (nSPS) is 23.2. The molecule has 2 heterocycles. The lowest BCUT2D eigenvalue weighted by molar-refractivity contribution is -0.125. The van der Waals surface area contributed by atoms with Crippen molar-refractivity contribution in [3.63, 3.8) is 0 Å². The maximum absolute atomic E-state index is 13.7. The van der Waals surface area contributed by atoms with Gasteiger partial charge in [-0.25, -0.2) is 9.78 Å². The van der Waals surface area contributed by atoms with E-state index in [-0.39, 0.29) is 42.1 Å². The molecule has 0 bridgehead atoms. The Labute approximate surface area is 196 Å². The lowest BCUT2D eigenvalue weighted by Gasteiger charge is -2.37. The molecule has 33 heavy (non-hydrogen) atoms. The molecule has 0 radical (unpaired) electrons. The van der Waals surface area contributed by atoms with Gasteiger partial charge in [0.1, 0.15) is 5.60 Å². The molecule has 0 aromatic carbocycles. The molecule has 1 fully saturated rings. The van der Waals surface area contributed by atoms with Crippen LogP contribution in [0.15, 0.2) is 4.79 Å². The SMILES string of the molecule is CNC(=O)C1CCC(n2c(NC(C)C)nc3c(c2=O)C[C@@H](C)N(C(=O)OC(C)(C)C)C3)CC1. The zero-order valence-corrected chi connectivity index (χ0v) is 21.0. The molecule has 3 rings (SSSR count). The second-order valence-electron chi connectivity index (χ2n) is 10.6. The topological polar surface area (TPSA) is 106 Å². The highest BCUT2D eigenvalue weighted by molar-refractivity contribution is 5.78. The van der Waals surface area contributed by atoms with E-state index in [0.717, 1.165) is 25.7 Å². The van der Waals surface area contributed by atoms with Gasteiger partial charge >= 0.3 is 6.09 Å². The minimum atomic E-state index is -0.591. The summed E-state index contributed by atoms with van der Waals surface area (Å²) in [6.07, 6.45) is 3.05. The standard InChI is InChI=1S/C24H39N5O4/c1-14(2)26-22-27-19-13-28(23(32)33-24(4,5)6)15(3)12-18(19)21(31)29(22)17-10-8-16(9-11-17)20(30)25-7/h14-17H,8-13H2,1-7H3,(H,25,30)(H,26,27)/t15-,16?,17?/m1/s1. The van der Waals surface area contributed by atoms with Crippen molar-refractivity contribution in [2.24, 2.45) is 5.92 Å². The number of hydrogen-bond donors (Lipinski definition) is 2. The Morgan fingerprint density at radius 3 is 2.33 bits per heavy atom. The molecule has 0 saturated heterocycles. The number of nitrogens with zero attached hydrogens (tertiary/aromatic N) is 3. The van der Waals surface area contributed by atoms with Crippen LogP contribution in [0.3, 0.4) is 0 Å². The summed E-state index contributed by atoms with van der Waals surface area (Å²) in [5.41, 5.74) is 0.667. The summed E-state index contributed by atoms with van der Waals surface area (Å²) in [5, 5.41) is 6.07. The fourth-order valence-electron chi connectivity index (χ4n) is 4.74. The van der Waals surface area contributed by atoms with Crippen LogP contribution in [0.2, 0.25) is 0 Å². The highest BCUT2D eigenvalue weighted by Crippen LogP contribution is 2.34. The van der Waals surface area contributed by atoms with Crippen LogP contribution in [-0.4, -0.2) is 51.2 Å². The molecular formula is C24H39N5O4. The molecule has 1 aromatic rings. The van der Waals surface area contributed by atoms with E-state index in [1.54, 1.807) is 16.5 Å².